The van der Waals surface area contributed by atoms with Crippen molar-refractivity contribution in [1.82, 2.24) is 4.98 Å². The average Bonchev–Trinajstić information content (AvgIpc) is 2.56. The van der Waals surface area contributed by atoms with Gasteiger partial charge in [-0.05, 0) is 23.8 Å². The first-order valence-corrected chi connectivity index (χ1v) is 7.14. The summed E-state index contributed by atoms with van der Waals surface area (Å²) in [7, 11) is 0. The van der Waals surface area contributed by atoms with Gasteiger partial charge in [0.2, 0.25) is 0 Å². The standard InChI is InChI=1S/C17H13N3O4/c21-16(22)9-11-5-7-12(8-6-11)19-17-13-3-1-2-4-14(13)18-10-15(17)20(23)24/h1-8,10H,9H2,(H,18,19)(H,21,22). The van der Waals surface area contributed by atoms with Crippen LogP contribution in [-0.2, 0) is 11.2 Å². The van der Waals surface area contributed by atoms with E-state index in [1.165, 1.54) is 6.20 Å². The molecule has 2 N–H and O–H groups in total. The molecule has 0 aliphatic rings. The third kappa shape index (κ3) is 3.14. The van der Waals surface area contributed by atoms with Gasteiger partial charge in [0.05, 0.1) is 16.9 Å². The molecule has 0 fully saturated rings. The Kier molecular flexibility index (Phi) is 4.07. The Bertz CT molecular complexity index is 923. The summed E-state index contributed by atoms with van der Waals surface area (Å²) in [5.74, 6) is -0.911. The number of carbonyl (C=O) groups is 1. The van der Waals surface area contributed by atoms with E-state index < -0.39 is 10.9 Å². The lowest BCUT2D eigenvalue weighted by molar-refractivity contribution is -0.384. The van der Waals surface area contributed by atoms with Crippen LogP contribution in [0.3, 0.4) is 0 Å². The van der Waals surface area contributed by atoms with Crippen LogP contribution >= 0.6 is 0 Å². The molecule has 1 heterocycles. The van der Waals surface area contributed by atoms with Gasteiger partial charge in [-0.1, -0.05) is 30.3 Å². The molecule has 7 nitrogen and oxygen atoms in total. The number of fused-ring (bicyclic) bond motifs is 1. The smallest absolute Gasteiger partial charge is 0.311 e. The van der Waals surface area contributed by atoms with E-state index >= 15 is 0 Å². The van der Waals surface area contributed by atoms with Crippen molar-refractivity contribution in [2.75, 3.05) is 5.32 Å². The number of hydrogen-bond acceptors (Lipinski definition) is 5. The number of nitro groups is 1. The van der Waals surface area contributed by atoms with E-state index in [0.717, 1.165) is 0 Å². The maximum Gasteiger partial charge on any atom is 0.311 e. The van der Waals surface area contributed by atoms with Gasteiger partial charge in [0.1, 0.15) is 11.9 Å². The molecule has 0 saturated heterocycles. The first-order valence-electron chi connectivity index (χ1n) is 7.14. The normalized spacial score (nSPS) is 10.5. The van der Waals surface area contributed by atoms with Gasteiger partial charge in [-0.15, -0.1) is 0 Å². The molecule has 0 atom stereocenters. The van der Waals surface area contributed by atoms with Gasteiger partial charge in [0.25, 0.3) is 0 Å². The molecule has 0 aliphatic heterocycles. The second kappa shape index (κ2) is 6.33. The number of anilines is 2. The fourth-order valence-corrected chi connectivity index (χ4v) is 2.43. The number of para-hydroxylation sites is 1. The summed E-state index contributed by atoms with van der Waals surface area (Å²) >= 11 is 0. The Labute approximate surface area is 136 Å². The maximum atomic E-state index is 11.3. The minimum absolute atomic E-state index is 0.0708. The molecule has 0 spiro atoms. The monoisotopic (exact) mass is 323 g/mol. The van der Waals surface area contributed by atoms with E-state index in [2.05, 4.69) is 10.3 Å². The van der Waals surface area contributed by atoms with Gasteiger partial charge in [0.15, 0.2) is 0 Å². The van der Waals surface area contributed by atoms with Crippen molar-refractivity contribution in [3.8, 4) is 0 Å². The average molecular weight is 323 g/mol. The largest absolute Gasteiger partial charge is 0.481 e. The maximum absolute atomic E-state index is 11.3. The summed E-state index contributed by atoms with van der Waals surface area (Å²) in [6.07, 6.45) is 1.15. The SMILES string of the molecule is O=C(O)Cc1ccc(Nc2c([N+](=O)[O-])cnc3ccccc23)cc1. The molecule has 0 amide bonds. The van der Waals surface area contributed by atoms with Crippen LogP contribution < -0.4 is 5.32 Å². The van der Waals surface area contributed by atoms with E-state index in [0.29, 0.717) is 27.8 Å². The zero-order chi connectivity index (χ0) is 17.1. The molecule has 24 heavy (non-hydrogen) atoms. The van der Waals surface area contributed by atoms with Crippen molar-refractivity contribution < 1.29 is 14.8 Å². The van der Waals surface area contributed by atoms with Crippen LogP contribution in [-0.4, -0.2) is 21.0 Å². The Hall–Kier alpha value is -3.48. The van der Waals surface area contributed by atoms with E-state index in [1.54, 1.807) is 42.5 Å². The number of nitrogens with zero attached hydrogens (tertiary/aromatic N) is 2. The van der Waals surface area contributed by atoms with Gasteiger partial charge in [-0.25, -0.2) is 4.98 Å². The molecule has 120 valence electrons. The quantitative estimate of drug-likeness (QED) is 0.550. The van der Waals surface area contributed by atoms with E-state index in [1.807, 2.05) is 6.07 Å². The number of aromatic nitrogens is 1. The molecule has 1 aromatic heterocycles. The number of pyridine rings is 1. The fraction of sp³-hybridized carbons (Fsp3) is 0.0588. The molecule has 0 aliphatic carbocycles. The van der Waals surface area contributed by atoms with Gasteiger partial charge >= 0.3 is 11.7 Å². The van der Waals surface area contributed by atoms with Crippen LogP contribution in [0.2, 0.25) is 0 Å². The summed E-state index contributed by atoms with van der Waals surface area (Å²) in [5.41, 5.74) is 2.17. The summed E-state index contributed by atoms with van der Waals surface area (Å²) in [4.78, 5) is 25.6. The third-order valence-corrected chi connectivity index (χ3v) is 3.53. The second-order valence-electron chi connectivity index (χ2n) is 5.19. The summed E-state index contributed by atoms with van der Waals surface area (Å²) in [6.45, 7) is 0. The molecule has 0 bridgehead atoms. The van der Waals surface area contributed by atoms with Gasteiger partial charge in [-0.2, -0.15) is 0 Å². The van der Waals surface area contributed by atoms with Crippen molar-refractivity contribution in [3.05, 3.63) is 70.4 Å². The molecular weight excluding hydrogens is 310 g/mol. The molecule has 0 saturated carbocycles. The predicted octanol–water partition coefficient (Wildman–Crippen LogP) is 3.51. The number of benzene rings is 2. The van der Waals surface area contributed by atoms with E-state index in [-0.39, 0.29) is 12.1 Å². The second-order valence-corrected chi connectivity index (χ2v) is 5.19. The molecule has 2 aromatic carbocycles. The van der Waals surface area contributed by atoms with Crippen LogP contribution in [0.1, 0.15) is 5.56 Å². The van der Waals surface area contributed by atoms with Crippen LogP contribution in [0.15, 0.2) is 54.7 Å². The Morgan fingerprint density at radius 3 is 2.54 bits per heavy atom. The first kappa shape index (κ1) is 15.4. The molecule has 7 heteroatoms. The minimum atomic E-state index is -0.911. The number of aliphatic carboxylic acids is 1. The molecular formula is C17H13N3O4. The van der Waals surface area contributed by atoms with Crippen molar-refractivity contribution in [3.63, 3.8) is 0 Å². The first-order chi connectivity index (χ1) is 11.5. The van der Waals surface area contributed by atoms with Crippen LogP contribution in [0.25, 0.3) is 10.9 Å². The lowest BCUT2D eigenvalue weighted by Crippen LogP contribution is -2.01. The number of nitrogens with one attached hydrogen (secondary N) is 1. The Morgan fingerprint density at radius 1 is 1.17 bits per heavy atom. The van der Waals surface area contributed by atoms with Crippen molar-refractivity contribution in [1.29, 1.82) is 0 Å². The number of carboxylic acid groups (broad SMARTS) is 1. The minimum Gasteiger partial charge on any atom is -0.481 e. The Morgan fingerprint density at radius 2 is 1.88 bits per heavy atom. The van der Waals surface area contributed by atoms with E-state index in [4.69, 9.17) is 5.11 Å². The topological polar surface area (TPSA) is 105 Å². The summed E-state index contributed by atoms with van der Waals surface area (Å²) in [6, 6.07) is 13.9. The highest BCUT2D eigenvalue weighted by Gasteiger charge is 2.18. The van der Waals surface area contributed by atoms with Gasteiger partial charge in [0, 0.05) is 11.1 Å². The lowest BCUT2D eigenvalue weighted by atomic mass is 10.1. The lowest BCUT2D eigenvalue weighted by Gasteiger charge is -2.10. The zero-order valence-corrected chi connectivity index (χ0v) is 12.5. The number of hydrogen-bond donors (Lipinski definition) is 2. The highest BCUT2D eigenvalue weighted by Crippen LogP contribution is 2.33. The van der Waals surface area contributed by atoms with Gasteiger partial charge in [-0.3, -0.25) is 14.9 Å². The Balaban J connectivity index is 2.01. The van der Waals surface area contributed by atoms with Crippen molar-refractivity contribution in [2.24, 2.45) is 0 Å². The molecule has 3 aromatic rings. The zero-order valence-electron chi connectivity index (χ0n) is 12.5. The van der Waals surface area contributed by atoms with Gasteiger partial charge < -0.3 is 10.4 Å². The fourth-order valence-electron chi connectivity index (χ4n) is 2.43. The van der Waals surface area contributed by atoms with Crippen LogP contribution in [0.4, 0.5) is 17.1 Å². The molecule has 3 rings (SSSR count). The predicted molar refractivity (Wildman–Crippen MR) is 89.5 cm³/mol. The molecule has 0 unspecified atom stereocenters. The van der Waals surface area contributed by atoms with Crippen LogP contribution in [0, 0.1) is 10.1 Å². The van der Waals surface area contributed by atoms with E-state index in [9.17, 15) is 14.9 Å². The number of rotatable bonds is 5. The van der Waals surface area contributed by atoms with Crippen molar-refractivity contribution in [2.45, 2.75) is 6.42 Å². The highest BCUT2D eigenvalue weighted by atomic mass is 16.6. The summed E-state index contributed by atoms with van der Waals surface area (Å²) < 4.78 is 0. The van der Waals surface area contributed by atoms with Crippen LogP contribution in [0.5, 0.6) is 0 Å². The highest BCUT2D eigenvalue weighted by molar-refractivity contribution is 5.97. The van der Waals surface area contributed by atoms with Crippen molar-refractivity contribution >= 4 is 33.9 Å². The third-order valence-electron chi connectivity index (χ3n) is 3.53. The number of carboxylic acids is 1. The summed E-state index contributed by atoms with van der Waals surface area (Å²) in [5, 5.41) is 23.8. The molecule has 0 radical (unpaired) electrons.